The van der Waals surface area contributed by atoms with Crippen molar-refractivity contribution in [3.63, 3.8) is 0 Å². The molecule has 1 heterocycles. The van der Waals surface area contributed by atoms with E-state index >= 15 is 0 Å². The van der Waals surface area contributed by atoms with E-state index in [4.69, 9.17) is 33.1 Å². The van der Waals surface area contributed by atoms with Gasteiger partial charge in [0.05, 0.1) is 17.2 Å². The number of rotatable bonds is 3. The summed E-state index contributed by atoms with van der Waals surface area (Å²) in [5.74, 6) is -1.35. The molecule has 1 aromatic carbocycles. The molecule has 1 saturated heterocycles. The van der Waals surface area contributed by atoms with Gasteiger partial charge in [0.1, 0.15) is 4.90 Å². The Labute approximate surface area is 125 Å². The van der Waals surface area contributed by atoms with Crippen molar-refractivity contribution in [2.75, 3.05) is 13.2 Å². The zero-order valence-electron chi connectivity index (χ0n) is 10.2. The molecule has 0 bridgehead atoms. The Balaban J connectivity index is 2.53. The van der Waals surface area contributed by atoms with Crippen molar-refractivity contribution >= 4 is 39.2 Å². The fourth-order valence-electron chi connectivity index (χ4n) is 1.78. The lowest BCUT2D eigenvalue weighted by molar-refractivity contribution is -0.108. The van der Waals surface area contributed by atoms with Crippen LogP contribution in [0.15, 0.2) is 17.0 Å². The summed E-state index contributed by atoms with van der Waals surface area (Å²) in [5, 5.41) is 8.60. The molecule has 2 rings (SSSR count). The van der Waals surface area contributed by atoms with Crippen LogP contribution in [0.2, 0.25) is 10.0 Å². The molecular formula is C11H11Cl2NO5S. The SMILES string of the molecule is O=C(O)c1cc(Cl)cc(S(=O)(=O)N2CCCCO2)c1Cl. The second-order valence-corrected chi connectivity index (χ2v) is 6.75. The molecule has 0 aromatic heterocycles. The second-order valence-electron chi connectivity index (χ2n) is 4.14. The first-order valence-electron chi connectivity index (χ1n) is 5.72. The predicted molar refractivity (Wildman–Crippen MR) is 72.5 cm³/mol. The molecule has 1 N–H and O–H groups in total. The van der Waals surface area contributed by atoms with Crippen molar-refractivity contribution in [3.05, 3.63) is 27.7 Å². The van der Waals surface area contributed by atoms with E-state index in [-0.39, 0.29) is 33.7 Å². The predicted octanol–water partition coefficient (Wildman–Crippen LogP) is 2.41. The number of halogens is 2. The number of hydrogen-bond acceptors (Lipinski definition) is 4. The minimum absolute atomic E-state index is 0.0256. The Morgan fingerprint density at radius 3 is 2.55 bits per heavy atom. The number of carboxylic acids is 1. The lowest BCUT2D eigenvalue weighted by atomic mass is 10.2. The maximum atomic E-state index is 12.4. The zero-order valence-corrected chi connectivity index (χ0v) is 12.5. The molecule has 0 saturated carbocycles. The zero-order chi connectivity index (χ0) is 14.9. The van der Waals surface area contributed by atoms with Crippen molar-refractivity contribution in [2.24, 2.45) is 0 Å². The highest BCUT2D eigenvalue weighted by atomic mass is 35.5. The van der Waals surface area contributed by atoms with E-state index in [1.54, 1.807) is 0 Å². The van der Waals surface area contributed by atoms with Crippen LogP contribution in [0.1, 0.15) is 23.2 Å². The number of carbonyl (C=O) groups is 1. The van der Waals surface area contributed by atoms with Crippen LogP contribution in [-0.4, -0.2) is 37.1 Å². The Morgan fingerprint density at radius 2 is 2.00 bits per heavy atom. The van der Waals surface area contributed by atoms with Crippen LogP contribution in [-0.2, 0) is 14.9 Å². The summed E-state index contributed by atoms with van der Waals surface area (Å²) in [6.07, 6.45) is 1.42. The van der Waals surface area contributed by atoms with Gasteiger partial charge in [0.15, 0.2) is 0 Å². The molecule has 20 heavy (non-hydrogen) atoms. The summed E-state index contributed by atoms with van der Waals surface area (Å²) >= 11 is 11.6. The molecule has 1 aliphatic rings. The van der Waals surface area contributed by atoms with Crippen molar-refractivity contribution in [1.82, 2.24) is 4.47 Å². The van der Waals surface area contributed by atoms with Gasteiger partial charge in [0, 0.05) is 11.6 Å². The maximum absolute atomic E-state index is 12.4. The van der Waals surface area contributed by atoms with Gasteiger partial charge in [0.2, 0.25) is 0 Å². The van der Waals surface area contributed by atoms with E-state index in [2.05, 4.69) is 0 Å². The average Bonchev–Trinajstić information content (AvgIpc) is 2.41. The van der Waals surface area contributed by atoms with E-state index in [9.17, 15) is 13.2 Å². The van der Waals surface area contributed by atoms with Crippen LogP contribution < -0.4 is 0 Å². The Hall–Kier alpha value is -0.860. The van der Waals surface area contributed by atoms with Crippen LogP contribution in [0.25, 0.3) is 0 Å². The number of carboxylic acid groups (broad SMARTS) is 1. The molecule has 6 nitrogen and oxygen atoms in total. The van der Waals surface area contributed by atoms with E-state index in [0.717, 1.165) is 23.0 Å². The van der Waals surface area contributed by atoms with Gasteiger partial charge in [-0.2, -0.15) is 0 Å². The monoisotopic (exact) mass is 339 g/mol. The Morgan fingerprint density at radius 1 is 1.30 bits per heavy atom. The number of hydrogen-bond donors (Lipinski definition) is 1. The summed E-state index contributed by atoms with van der Waals surface area (Å²) < 4.78 is 25.6. The van der Waals surface area contributed by atoms with Crippen molar-refractivity contribution in [1.29, 1.82) is 0 Å². The van der Waals surface area contributed by atoms with Crippen molar-refractivity contribution in [3.8, 4) is 0 Å². The number of sulfonamides is 1. The third-order valence-electron chi connectivity index (χ3n) is 2.75. The average molecular weight is 340 g/mol. The lowest BCUT2D eigenvalue weighted by Gasteiger charge is -2.25. The van der Waals surface area contributed by atoms with Gasteiger partial charge < -0.3 is 5.11 Å². The highest BCUT2D eigenvalue weighted by Gasteiger charge is 2.31. The second kappa shape index (κ2) is 5.87. The third kappa shape index (κ3) is 2.91. The molecular weight excluding hydrogens is 329 g/mol. The van der Waals surface area contributed by atoms with E-state index in [1.165, 1.54) is 0 Å². The standard InChI is InChI=1S/C11H11Cl2NO5S/c12-7-5-8(11(15)16)10(13)9(6-7)20(17,18)14-3-1-2-4-19-14/h5-6H,1-4H2,(H,15,16). The smallest absolute Gasteiger partial charge is 0.337 e. The van der Waals surface area contributed by atoms with Gasteiger partial charge in [-0.15, -0.1) is 0 Å². The summed E-state index contributed by atoms with van der Waals surface area (Å²) in [6, 6.07) is 2.21. The van der Waals surface area contributed by atoms with Crippen LogP contribution in [0.4, 0.5) is 0 Å². The van der Waals surface area contributed by atoms with E-state index in [1.807, 2.05) is 0 Å². The molecule has 9 heteroatoms. The molecule has 0 atom stereocenters. The van der Waals surface area contributed by atoms with E-state index < -0.39 is 16.0 Å². The molecule has 110 valence electrons. The lowest BCUT2D eigenvalue weighted by Crippen LogP contribution is -2.36. The number of benzene rings is 1. The van der Waals surface area contributed by atoms with Gasteiger partial charge in [-0.25, -0.2) is 13.2 Å². The first kappa shape index (κ1) is 15.5. The van der Waals surface area contributed by atoms with Crippen molar-refractivity contribution in [2.45, 2.75) is 17.7 Å². The van der Waals surface area contributed by atoms with Gasteiger partial charge in [-0.05, 0) is 25.0 Å². The number of hydroxylamine groups is 1. The van der Waals surface area contributed by atoms with Crippen LogP contribution in [0.5, 0.6) is 0 Å². The fourth-order valence-corrected chi connectivity index (χ4v) is 3.96. The van der Waals surface area contributed by atoms with Gasteiger partial charge in [0.25, 0.3) is 10.0 Å². The molecule has 0 radical (unpaired) electrons. The molecule has 0 aliphatic carbocycles. The summed E-state index contributed by atoms with van der Waals surface area (Å²) in [5.41, 5.74) is -0.366. The molecule has 1 fully saturated rings. The first-order valence-corrected chi connectivity index (χ1v) is 7.91. The normalized spacial score (nSPS) is 17.1. The summed E-state index contributed by atoms with van der Waals surface area (Å²) in [4.78, 5) is 15.8. The first-order chi connectivity index (χ1) is 9.34. The quantitative estimate of drug-likeness (QED) is 0.913. The minimum Gasteiger partial charge on any atom is -0.478 e. The highest BCUT2D eigenvalue weighted by Crippen LogP contribution is 2.32. The van der Waals surface area contributed by atoms with E-state index in [0.29, 0.717) is 6.42 Å². The molecule has 0 unspecified atom stereocenters. The molecule has 0 amide bonds. The molecule has 1 aliphatic heterocycles. The Bertz CT molecular complexity index is 640. The molecule has 0 spiro atoms. The summed E-state index contributed by atoms with van der Waals surface area (Å²) in [6.45, 7) is 0.469. The fraction of sp³-hybridized carbons (Fsp3) is 0.364. The van der Waals surface area contributed by atoms with Crippen molar-refractivity contribution < 1.29 is 23.2 Å². The summed E-state index contributed by atoms with van der Waals surface area (Å²) in [7, 11) is -4.04. The van der Waals surface area contributed by atoms with Gasteiger partial charge in [-0.3, -0.25) is 4.84 Å². The highest BCUT2D eigenvalue weighted by molar-refractivity contribution is 7.89. The van der Waals surface area contributed by atoms with Crippen LogP contribution in [0.3, 0.4) is 0 Å². The Kier molecular flexibility index (Phi) is 4.55. The number of aromatic carboxylic acids is 1. The number of nitrogens with zero attached hydrogens (tertiary/aromatic N) is 1. The maximum Gasteiger partial charge on any atom is 0.337 e. The van der Waals surface area contributed by atoms with Gasteiger partial charge >= 0.3 is 5.97 Å². The molecule has 1 aromatic rings. The van der Waals surface area contributed by atoms with Gasteiger partial charge in [-0.1, -0.05) is 27.7 Å². The van der Waals surface area contributed by atoms with Crippen LogP contribution >= 0.6 is 23.2 Å². The minimum atomic E-state index is -4.04. The third-order valence-corrected chi connectivity index (χ3v) is 5.19. The topological polar surface area (TPSA) is 83.9 Å². The largest absolute Gasteiger partial charge is 0.478 e. The van der Waals surface area contributed by atoms with Crippen LogP contribution in [0, 0.1) is 0 Å².